The Kier molecular flexibility index (Phi) is 2.93. The molecule has 0 unspecified atom stereocenters. The molecule has 1 rings (SSSR count). The Morgan fingerprint density at radius 1 is 1.18 bits per heavy atom. The molecule has 2 nitrogen and oxygen atoms in total. The Bertz CT molecular complexity index is 248. The van der Waals surface area contributed by atoms with Crippen LogP contribution in [0, 0.1) is 0 Å². The Morgan fingerprint density at radius 2 is 1.91 bits per heavy atom. The SMILES string of the molecule is OCc1ccc(S)c(CO)c1. The first-order valence-corrected chi connectivity index (χ1v) is 3.75. The van der Waals surface area contributed by atoms with Crippen LogP contribution in [0.15, 0.2) is 23.1 Å². The van der Waals surface area contributed by atoms with E-state index >= 15 is 0 Å². The lowest BCUT2D eigenvalue weighted by Gasteiger charge is -2.02. The van der Waals surface area contributed by atoms with Gasteiger partial charge in [0.25, 0.3) is 0 Å². The van der Waals surface area contributed by atoms with Crippen molar-refractivity contribution < 1.29 is 10.2 Å². The average molecular weight is 170 g/mol. The molecule has 0 aliphatic carbocycles. The van der Waals surface area contributed by atoms with Crippen molar-refractivity contribution in [3.8, 4) is 0 Å². The molecule has 1 aromatic rings. The van der Waals surface area contributed by atoms with Gasteiger partial charge < -0.3 is 10.2 Å². The first-order valence-electron chi connectivity index (χ1n) is 3.30. The minimum atomic E-state index is -0.0350. The summed E-state index contributed by atoms with van der Waals surface area (Å²) in [7, 11) is 0. The summed E-state index contributed by atoms with van der Waals surface area (Å²) in [4.78, 5) is 0.754. The summed E-state index contributed by atoms with van der Waals surface area (Å²) in [6, 6.07) is 5.28. The van der Waals surface area contributed by atoms with Crippen molar-refractivity contribution in [2.45, 2.75) is 18.1 Å². The molecule has 0 saturated heterocycles. The van der Waals surface area contributed by atoms with E-state index in [0.717, 1.165) is 16.0 Å². The number of aliphatic hydroxyl groups is 2. The average Bonchev–Trinajstić information content (AvgIpc) is 2.05. The monoisotopic (exact) mass is 170 g/mol. The third-order valence-electron chi connectivity index (χ3n) is 1.50. The maximum absolute atomic E-state index is 8.81. The van der Waals surface area contributed by atoms with E-state index in [-0.39, 0.29) is 13.2 Å². The van der Waals surface area contributed by atoms with Crippen LogP contribution in [-0.4, -0.2) is 10.2 Å². The summed E-state index contributed by atoms with van der Waals surface area (Å²) >= 11 is 4.12. The first-order chi connectivity index (χ1) is 5.27. The molecule has 0 saturated carbocycles. The molecule has 0 bridgehead atoms. The van der Waals surface area contributed by atoms with E-state index < -0.39 is 0 Å². The van der Waals surface area contributed by atoms with Gasteiger partial charge in [0.2, 0.25) is 0 Å². The van der Waals surface area contributed by atoms with Gasteiger partial charge in [0.05, 0.1) is 13.2 Å². The molecule has 0 aliphatic rings. The number of thiol groups is 1. The Labute approximate surface area is 70.9 Å². The fourth-order valence-electron chi connectivity index (χ4n) is 0.864. The van der Waals surface area contributed by atoms with Crippen LogP contribution in [0.3, 0.4) is 0 Å². The van der Waals surface area contributed by atoms with Gasteiger partial charge >= 0.3 is 0 Å². The predicted molar refractivity (Wildman–Crippen MR) is 45.5 cm³/mol. The number of benzene rings is 1. The summed E-state index contributed by atoms with van der Waals surface area (Å²) in [5.41, 5.74) is 1.55. The van der Waals surface area contributed by atoms with E-state index in [9.17, 15) is 0 Å². The number of rotatable bonds is 2. The summed E-state index contributed by atoms with van der Waals surface area (Å²) in [6.07, 6.45) is 0. The lowest BCUT2D eigenvalue weighted by Crippen LogP contribution is -1.89. The zero-order valence-corrected chi connectivity index (χ0v) is 6.88. The van der Waals surface area contributed by atoms with Crippen LogP contribution < -0.4 is 0 Å². The second kappa shape index (κ2) is 3.76. The van der Waals surface area contributed by atoms with Crippen molar-refractivity contribution in [1.82, 2.24) is 0 Å². The van der Waals surface area contributed by atoms with Crippen molar-refractivity contribution in [3.63, 3.8) is 0 Å². The summed E-state index contributed by atoms with van der Waals surface area (Å²) < 4.78 is 0. The minimum absolute atomic E-state index is 0.00105. The zero-order valence-electron chi connectivity index (χ0n) is 5.99. The van der Waals surface area contributed by atoms with Crippen LogP contribution in [-0.2, 0) is 13.2 Å². The third kappa shape index (κ3) is 1.96. The topological polar surface area (TPSA) is 40.5 Å². The number of aliphatic hydroxyl groups excluding tert-OH is 2. The molecule has 0 spiro atoms. The molecule has 0 fully saturated rings. The smallest absolute Gasteiger partial charge is 0.0692 e. The number of hydrogen-bond donors (Lipinski definition) is 3. The van der Waals surface area contributed by atoms with Gasteiger partial charge in [0, 0.05) is 4.90 Å². The highest BCUT2D eigenvalue weighted by Gasteiger charge is 1.97. The van der Waals surface area contributed by atoms with E-state index in [1.807, 2.05) is 0 Å². The van der Waals surface area contributed by atoms with Crippen molar-refractivity contribution in [1.29, 1.82) is 0 Å². The van der Waals surface area contributed by atoms with Gasteiger partial charge in [-0.2, -0.15) is 0 Å². The van der Waals surface area contributed by atoms with E-state index in [0.29, 0.717) is 0 Å². The molecule has 0 radical (unpaired) electrons. The lowest BCUT2D eigenvalue weighted by molar-refractivity contribution is 0.273. The molecule has 11 heavy (non-hydrogen) atoms. The van der Waals surface area contributed by atoms with Crippen molar-refractivity contribution >= 4 is 12.6 Å². The molecule has 3 heteroatoms. The molecular formula is C8H10O2S. The second-order valence-corrected chi connectivity index (χ2v) is 2.76. The quantitative estimate of drug-likeness (QED) is 0.579. The van der Waals surface area contributed by atoms with Gasteiger partial charge in [0.15, 0.2) is 0 Å². The van der Waals surface area contributed by atoms with E-state index in [2.05, 4.69) is 12.6 Å². The maximum Gasteiger partial charge on any atom is 0.0692 e. The Balaban J connectivity index is 3.02. The largest absolute Gasteiger partial charge is 0.392 e. The molecule has 1 aromatic carbocycles. The molecule has 0 heterocycles. The molecule has 2 N–H and O–H groups in total. The van der Waals surface area contributed by atoms with E-state index in [1.165, 1.54) is 0 Å². The first kappa shape index (κ1) is 8.59. The van der Waals surface area contributed by atoms with Gasteiger partial charge in [-0.15, -0.1) is 12.6 Å². The normalized spacial score (nSPS) is 10.1. The summed E-state index contributed by atoms with van der Waals surface area (Å²) in [5, 5.41) is 17.5. The summed E-state index contributed by atoms with van der Waals surface area (Å²) in [5.74, 6) is 0. The third-order valence-corrected chi connectivity index (χ3v) is 1.93. The van der Waals surface area contributed by atoms with Gasteiger partial charge in [-0.25, -0.2) is 0 Å². The Morgan fingerprint density at radius 3 is 2.45 bits per heavy atom. The molecule has 0 atom stereocenters. The minimum Gasteiger partial charge on any atom is -0.392 e. The summed E-state index contributed by atoms with van der Waals surface area (Å²) in [6.45, 7) is -0.0340. The van der Waals surface area contributed by atoms with Crippen LogP contribution in [0.4, 0.5) is 0 Å². The Hall–Kier alpha value is -0.510. The van der Waals surface area contributed by atoms with E-state index in [1.54, 1.807) is 18.2 Å². The highest BCUT2D eigenvalue weighted by molar-refractivity contribution is 7.80. The van der Waals surface area contributed by atoms with Crippen LogP contribution in [0.25, 0.3) is 0 Å². The highest BCUT2D eigenvalue weighted by atomic mass is 32.1. The zero-order chi connectivity index (χ0) is 8.27. The highest BCUT2D eigenvalue weighted by Crippen LogP contribution is 2.15. The van der Waals surface area contributed by atoms with Crippen LogP contribution in [0.2, 0.25) is 0 Å². The molecule has 0 amide bonds. The molecule has 60 valence electrons. The second-order valence-electron chi connectivity index (χ2n) is 2.28. The van der Waals surface area contributed by atoms with Gasteiger partial charge in [-0.1, -0.05) is 12.1 Å². The fraction of sp³-hybridized carbons (Fsp3) is 0.250. The van der Waals surface area contributed by atoms with Crippen LogP contribution >= 0.6 is 12.6 Å². The van der Waals surface area contributed by atoms with Gasteiger partial charge in [0.1, 0.15) is 0 Å². The lowest BCUT2D eigenvalue weighted by atomic mass is 10.1. The molecular weight excluding hydrogens is 160 g/mol. The van der Waals surface area contributed by atoms with Crippen LogP contribution in [0.5, 0.6) is 0 Å². The van der Waals surface area contributed by atoms with Crippen molar-refractivity contribution in [2.75, 3.05) is 0 Å². The number of hydrogen-bond acceptors (Lipinski definition) is 3. The fourth-order valence-corrected chi connectivity index (χ4v) is 1.07. The molecule has 0 aromatic heterocycles. The molecule has 0 aliphatic heterocycles. The predicted octanol–water partition coefficient (Wildman–Crippen LogP) is 0.960. The standard InChI is InChI=1S/C8H10O2S/c9-4-6-1-2-8(11)7(3-6)5-10/h1-3,9-11H,4-5H2. The van der Waals surface area contributed by atoms with Crippen molar-refractivity contribution in [2.24, 2.45) is 0 Å². The van der Waals surface area contributed by atoms with Crippen LogP contribution in [0.1, 0.15) is 11.1 Å². The van der Waals surface area contributed by atoms with Crippen molar-refractivity contribution in [3.05, 3.63) is 29.3 Å². The van der Waals surface area contributed by atoms with Gasteiger partial charge in [-0.05, 0) is 17.2 Å². The maximum atomic E-state index is 8.81. The van der Waals surface area contributed by atoms with Gasteiger partial charge in [-0.3, -0.25) is 0 Å². The van der Waals surface area contributed by atoms with E-state index in [4.69, 9.17) is 10.2 Å².